The largest absolute Gasteiger partial charge is 0.478 e. The third-order valence-electron chi connectivity index (χ3n) is 7.76. The van der Waals surface area contributed by atoms with Crippen LogP contribution in [-0.4, -0.2) is 45.8 Å². The minimum Gasteiger partial charge on any atom is -0.478 e. The predicted molar refractivity (Wildman–Crippen MR) is 169 cm³/mol. The fraction of sp³-hybridized carbons (Fsp3) is 0. The Labute approximate surface area is 270 Å². The summed E-state index contributed by atoms with van der Waals surface area (Å²) in [7, 11) is 0. The molecule has 0 radical (unpaired) electrons. The van der Waals surface area contributed by atoms with Crippen LogP contribution in [0.3, 0.4) is 0 Å². The Morgan fingerprint density at radius 1 is 0.417 bits per heavy atom. The third-order valence-corrected chi connectivity index (χ3v) is 7.76. The first-order chi connectivity index (χ1) is 23.1. The zero-order valence-corrected chi connectivity index (χ0v) is 24.4. The number of nitrogens with zero attached hydrogens (tertiary/aromatic N) is 2. The highest BCUT2D eigenvalue weighted by molar-refractivity contribution is 6.36. The van der Waals surface area contributed by atoms with Crippen LogP contribution in [0.2, 0.25) is 0 Å². The van der Waals surface area contributed by atoms with Crippen molar-refractivity contribution in [3.05, 3.63) is 143 Å². The normalized spacial score (nSPS) is 13.4. The Morgan fingerprint density at radius 2 is 0.729 bits per heavy atom. The van der Waals surface area contributed by atoms with E-state index in [0.29, 0.717) is 11.5 Å². The number of fused-ring (bicyclic) bond motifs is 2. The van der Waals surface area contributed by atoms with Gasteiger partial charge in [0.05, 0.1) is 44.8 Å². The van der Waals surface area contributed by atoms with Crippen LogP contribution in [0.1, 0.15) is 62.1 Å². The highest BCUT2D eigenvalue weighted by Crippen LogP contribution is 2.36. The lowest BCUT2D eigenvalue weighted by atomic mass is 10.1. The average molecular weight is 641 g/mol. The number of hydrogen-bond acceptors (Lipinski definition) is 8. The van der Waals surface area contributed by atoms with Crippen LogP contribution in [0.25, 0.3) is 0 Å². The molecule has 0 aliphatic carbocycles. The minimum atomic E-state index is -1.08. The number of carbonyl (C=O) groups is 6. The topological polar surface area (TPSA) is 168 Å². The number of carboxylic acid groups (broad SMARTS) is 2. The van der Waals surface area contributed by atoms with Crippen molar-refractivity contribution in [2.45, 2.75) is 0 Å². The smallest absolute Gasteiger partial charge is 0.335 e. The van der Waals surface area contributed by atoms with Crippen LogP contribution < -0.4 is 19.3 Å². The summed E-state index contributed by atoms with van der Waals surface area (Å²) in [6.45, 7) is 0. The second kappa shape index (κ2) is 11.4. The van der Waals surface area contributed by atoms with E-state index in [1.54, 1.807) is 0 Å². The summed E-state index contributed by atoms with van der Waals surface area (Å²) in [5.41, 5.74) is 1.16. The van der Waals surface area contributed by atoms with E-state index >= 15 is 0 Å². The van der Waals surface area contributed by atoms with E-state index < -0.39 is 35.6 Å². The number of carbonyl (C=O) groups excluding carboxylic acids is 4. The molecule has 5 aromatic carbocycles. The SMILES string of the molecule is O=C(O)c1ccc(Oc2ccc3c(c2)C(=O)N(c2ccc(N4C(=O)c5ccc(Oc6ccc(C(=O)O)cc6)cc5C4=O)cc2)C3=O)cc1. The van der Waals surface area contributed by atoms with Crippen molar-refractivity contribution >= 4 is 46.9 Å². The van der Waals surface area contributed by atoms with Gasteiger partial charge < -0.3 is 19.7 Å². The van der Waals surface area contributed by atoms with Gasteiger partial charge in [-0.15, -0.1) is 0 Å². The molecular weight excluding hydrogens is 620 g/mol. The Morgan fingerprint density at radius 3 is 1.06 bits per heavy atom. The molecule has 2 aliphatic rings. The molecule has 48 heavy (non-hydrogen) atoms. The van der Waals surface area contributed by atoms with Gasteiger partial charge in [0.2, 0.25) is 0 Å². The number of hydrogen-bond donors (Lipinski definition) is 2. The number of aromatic carboxylic acids is 2. The molecule has 0 aromatic heterocycles. The van der Waals surface area contributed by atoms with Crippen molar-refractivity contribution in [3.8, 4) is 23.0 Å². The molecule has 2 aliphatic heterocycles. The summed E-state index contributed by atoms with van der Waals surface area (Å²) in [6, 6.07) is 26.1. The molecule has 0 spiro atoms. The quantitative estimate of drug-likeness (QED) is 0.185. The second-order valence-corrected chi connectivity index (χ2v) is 10.7. The standard InChI is InChI=1S/C36H20N2O10/c39-31-27-15-13-25(47-23-9-1-19(2-10-23)35(43)44)17-29(27)33(41)37(31)21-5-7-22(8-6-21)38-32(40)28-16-14-26(18-30(28)34(38)42)48-24-11-3-20(4-12-24)36(45)46/h1-18H,(H,43,44)(H,45,46). The van der Waals surface area contributed by atoms with Crippen LogP contribution in [0.4, 0.5) is 11.4 Å². The monoisotopic (exact) mass is 640 g/mol. The summed E-state index contributed by atoms with van der Waals surface area (Å²) < 4.78 is 11.5. The first kappa shape index (κ1) is 29.6. The van der Waals surface area contributed by atoms with Crippen molar-refractivity contribution in [1.82, 2.24) is 0 Å². The third kappa shape index (κ3) is 5.08. The molecule has 234 valence electrons. The molecule has 4 amide bonds. The molecule has 5 aromatic rings. The summed E-state index contributed by atoms with van der Waals surface area (Å²) in [4.78, 5) is 77.3. The van der Waals surface area contributed by atoms with Gasteiger partial charge in [0.25, 0.3) is 23.6 Å². The van der Waals surface area contributed by atoms with E-state index in [0.717, 1.165) is 9.80 Å². The summed E-state index contributed by atoms with van der Waals surface area (Å²) >= 11 is 0. The Kier molecular flexibility index (Phi) is 7.02. The lowest BCUT2D eigenvalue weighted by molar-refractivity contribution is 0.0686. The van der Waals surface area contributed by atoms with E-state index in [2.05, 4.69) is 0 Å². The maximum atomic E-state index is 13.4. The highest BCUT2D eigenvalue weighted by Gasteiger charge is 2.39. The van der Waals surface area contributed by atoms with Gasteiger partial charge in [0.15, 0.2) is 0 Å². The highest BCUT2D eigenvalue weighted by atomic mass is 16.5. The van der Waals surface area contributed by atoms with Crippen molar-refractivity contribution in [1.29, 1.82) is 0 Å². The maximum absolute atomic E-state index is 13.4. The van der Waals surface area contributed by atoms with Gasteiger partial charge in [-0.25, -0.2) is 19.4 Å². The predicted octanol–water partition coefficient (Wildman–Crippen LogP) is 6.27. The molecule has 0 saturated heterocycles. The molecule has 12 heteroatoms. The Bertz CT molecular complexity index is 2050. The Balaban J connectivity index is 1.07. The Hall–Kier alpha value is -7.08. The number of amides is 4. The number of ether oxygens (including phenoxy) is 2. The van der Waals surface area contributed by atoms with Crippen LogP contribution in [0, 0.1) is 0 Å². The van der Waals surface area contributed by atoms with Gasteiger partial charge in [-0.3, -0.25) is 19.2 Å². The van der Waals surface area contributed by atoms with Gasteiger partial charge >= 0.3 is 11.9 Å². The van der Waals surface area contributed by atoms with E-state index in [4.69, 9.17) is 19.7 Å². The number of anilines is 2. The molecule has 0 bridgehead atoms. The molecule has 0 saturated carbocycles. The molecule has 2 heterocycles. The molecule has 2 N–H and O–H groups in total. The number of rotatable bonds is 8. The first-order valence-electron chi connectivity index (χ1n) is 14.3. The molecule has 0 unspecified atom stereocenters. The summed E-state index contributed by atoms with van der Waals surface area (Å²) in [5, 5.41) is 18.2. The fourth-order valence-corrected chi connectivity index (χ4v) is 5.39. The van der Waals surface area contributed by atoms with Crippen molar-refractivity contribution in [3.63, 3.8) is 0 Å². The van der Waals surface area contributed by atoms with Crippen molar-refractivity contribution in [2.24, 2.45) is 0 Å². The van der Waals surface area contributed by atoms with Crippen molar-refractivity contribution < 1.29 is 48.5 Å². The van der Waals surface area contributed by atoms with Gasteiger partial charge in [-0.2, -0.15) is 0 Å². The molecule has 7 rings (SSSR count). The fourth-order valence-electron chi connectivity index (χ4n) is 5.39. The first-order valence-corrected chi connectivity index (χ1v) is 14.3. The van der Waals surface area contributed by atoms with E-state index in [-0.39, 0.29) is 56.3 Å². The van der Waals surface area contributed by atoms with E-state index in [1.165, 1.54) is 109 Å². The molecule has 0 atom stereocenters. The molecule has 12 nitrogen and oxygen atoms in total. The van der Waals surface area contributed by atoms with Crippen molar-refractivity contribution in [2.75, 3.05) is 9.80 Å². The van der Waals surface area contributed by atoms with Crippen LogP contribution >= 0.6 is 0 Å². The van der Waals surface area contributed by atoms with E-state index in [1.807, 2.05) is 0 Å². The lowest BCUT2D eigenvalue weighted by Crippen LogP contribution is -2.30. The van der Waals surface area contributed by atoms with Crippen LogP contribution in [0.15, 0.2) is 109 Å². The van der Waals surface area contributed by atoms with Gasteiger partial charge in [0, 0.05) is 0 Å². The average Bonchev–Trinajstić information content (AvgIpc) is 3.48. The van der Waals surface area contributed by atoms with Crippen LogP contribution in [-0.2, 0) is 0 Å². The molecule has 0 fully saturated rings. The van der Waals surface area contributed by atoms with Gasteiger partial charge in [-0.05, 0) is 109 Å². The summed E-state index contributed by atoms with van der Waals surface area (Å²) in [5.74, 6) is -3.26. The zero-order valence-electron chi connectivity index (χ0n) is 24.4. The molecular formula is C36H20N2O10. The van der Waals surface area contributed by atoms with E-state index in [9.17, 15) is 28.8 Å². The second-order valence-electron chi connectivity index (χ2n) is 10.7. The summed E-state index contributed by atoms with van der Waals surface area (Å²) in [6.07, 6.45) is 0. The minimum absolute atomic E-state index is 0.0875. The lowest BCUT2D eigenvalue weighted by Gasteiger charge is -2.17. The van der Waals surface area contributed by atoms with Gasteiger partial charge in [0.1, 0.15) is 23.0 Å². The van der Waals surface area contributed by atoms with Gasteiger partial charge in [-0.1, -0.05) is 0 Å². The zero-order chi connectivity index (χ0) is 33.7. The number of benzene rings is 5. The number of carboxylic acids is 2. The van der Waals surface area contributed by atoms with Crippen LogP contribution in [0.5, 0.6) is 23.0 Å². The maximum Gasteiger partial charge on any atom is 0.335 e. The number of imide groups is 2.